The van der Waals surface area contributed by atoms with E-state index in [0.29, 0.717) is 0 Å². The summed E-state index contributed by atoms with van der Waals surface area (Å²) >= 11 is 0. The Hall–Kier alpha value is -0.710. The van der Waals surface area contributed by atoms with Crippen molar-refractivity contribution in [2.24, 2.45) is 5.16 Å². The van der Waals surface area contributed by atoms with Crippen LogP contribution < -0.4 is 0 Å². The fraction of sp³-hybridized carbons (Fsp3) is 0.500. The van der Waals surface area contributed by atoms with E-state index in [0.717, 1.165) is 6.21 Å². The lowest BCUT2D eigenvalue weighted by Crippen LogP contribution is -2.09. The molecule has 9 heavy (non-hydrogen) atoms. The number of Topliss-reactive ketones (excluding diaryl/α,β-unsaturated/α-hetero) is 1. The molecule has 0 heterocycles. The maximum Gasteiger partial charge on any atom is 0.189 e. The Morgan fingerprint density at radius 1 is 1.89 bits per heavy atom. The molecule has 0 aliphatic rings. The third kappa shape index (κ3) is 5.16. The lowest BCUT2D eigenvalue weighted by Gasteiger charge is -1.85. The van der Waals surface area contributed by atoms with Crippen molar-refractivity contribution in [3.05, 3.63) is 0 Å². The molecule has 4 nitrogen and oxygen atoms in total. The molecule has 0 aromatic carbocycles. The summed E-state index contributed by atoms with van der Waals surface area (Å²) < 4.78 is 10.3. The van der Waals surface area contributed by atoms with Gasteiger partial charge < -0.3 is 5.21 Å². The highest BCUT2D eigenvalue weighted by Gasteiger charge is 1.98. The highest BCUT2D eigenvalue weighted by atomic mass is 32.2. The molecule has 0 amide bonds. The van der Waals surface area contributed by atoms with Gasteiger partial charge in [-0.05, 0) is 0 Å². The zero-order valence-electron chi connectivity index (χ0n) is 4.90. The van der Waals surface area contributed by atoms with Gasteiger partial charge in [0.25, 0.3) is 0 Å². The fourth-order valence-electron chi connectivity index (χ4n) is 0.302. The molecule has 0 spiro atoms. The van der Waals surface area contributed by atoms with Gasteiger partial charge in [0.05, 0.1) is 5.75 Å². The quantitative estimate of drug-likeness (QED) is 0.331. The van der Waals surface area contributed by atoms with Crippen molar-refractivity contribution in [3.63, 3.8) is 0 Å². The van der Waals surface area contributed by atoms with Crippen molar-refractivity contribution in [2.45, 2.75) is 0 Å². The lowest BCUT2D eigenvalue weighted by atomic mass is 10.5. The van der Waals surface area contributed by atoms with E-state index in [1.165, 1.54) is 6.26 Å². The van der Waals surface area contributed by atoms with Gasteiger partial charge in [0.15, 0.2) is 5.78 Å². The number of hydrogen-bond acceptors (Lipinski definition) is 4. The van der Waals surface area contributed by atoms with Crippen molar-refractivity contribution < 1.29 is 14.2 Å². The molecular formula is C4H7NO3S. The van der Waals surface area contributed by atoms with E-state index in [9.17, 15) is 9.00 Å². The zero-order valence-corrected chi connectivity index (χ0v) is 5.72. The minimum absolute atomic E-state index is 0.0793. The Morgan fingerprint density at radius 2 is 2.44 bits per heavy atom. The second kappa shape index (κ2) is 4.20. The first-order valence-electron chi connectivity index (χ1n) is 2.17. The van der Waals surface area contributed by atoms with Crippen molar-refractivity contribution >= 4 is 22.8 Å². The van der Waals surface area contributed by atoms with Crippen LogP contribution in [0.1, 0.15) is 0 Å². The number of carbonyl (C=O) groups excluding carboxylic acids is 1. The predicted octanol–water partition coefficient (Wildman–Crippen LogP) is -0.606. The van der Waals surface area contributed by atoms with Crippen LogP contribution in [0.3, 0.4) is 0 Å². The van der Waals surface area contributed by atoms with E-state index in [4.69, 9.17) is 5.21 Å². The third-order valence-electron chi connectivity index (χ3n) is 0.547. The predicted molar refractivity (Wildman–Crippen MR) is 34.2 cm³/mol. The first-order valence-corrected chi connectivity index (χ1v) is 3.90. The summed E-state index contributed by atoms with van der Waals surface area (Å²) in [5.41, 5.74) is 0. The van der Waals surface area contributed by atoms with Gasteiger partial charge in [-0.15, -0.1) is 0 Å². The average Bonchev–Trinajstić information content (AvgIpc) is 1.63. The third-order valence-corrected chi connectivity index (χ3v) is 1.24. The summed E-state index contributed by atoms with van der Waals surface area (Å²) in [6.07, 6.45) is 2.14. The molecule has 0 rings (SSSR count). The zero-order chi connectivity index (χ0) is 7.28. The SMILES string of the molecule is CS(=O)CC(=O)/C=N/O. The molecule has 1 N–H and O–H groups in total. The largest absolute Gasteiger partial charge is 0.411 e. The highest BCUT2D eigenvalue weighted by molar-refractivity contribution is 7.85. The lowest BCUT2D eigenvalue weighted by molar-refractivity contribution is -0.110. The molecule has 0 bridgehead atoms. The number of ketones is 1. The monoisotopic (exact) mass is 149 g/mol. The Morgan fingerprint density at radius 3 is 2.78 bits per heavy atom. The van der Waals surface area contributed by atoms with Crippen LogP contribution in [0.4, 0.5) is 0 Å². The smallest absolute Gasteiger partial charge is 0.189 e. The maximum atomic E-state index is 10.4. The summed E-state index contributed by atoms with van der Waals surface area (Å²) in [5, 5.41) is 10.3. The molecule has 0 aliphatic carbocycles. The van der Waals surface area contributed by atoms with Gasteiger partial charge in [0.2, 0.25) is 0 Å². The molecule has 0 radical (unpaired) electrons. The molecule has 0 aliphatic heterocycles. The summed E-state index contributed by atoms with van der Waals surface area (Å²) in [6, 6.07) is 0. The number of carbonyl (C=O) groups is 1. The minimum Gasteiger partial charge on any atom is -0.411 e. The second-order valence-electron chi connectivity index (χ2n) is 1.43. The average molecular weight is 149 g/mol. The molecule has 0 saturated carbocycles. The van der Waals surface area contributed by atoms with E-state index in [2.05, 4.69) is 5.16 Å². The molecule has 0 aromatic heterocycles. The van der Waals surface area contributed by atoms with Crippen molar-refractivity contribution in [1.82, 2.24) is 0 Å². The van der Waals surface area contributed by atoms with E-state index < -0.39 is 16.6 Å². The van der Waals surface area contributed by atoms with Crippen molar-refractivity contribution in [3.8, 4) is 0 Å². The number of hydrogen-bond donors (Lipinski definition) is 1. The van der Waals surface area contributed by atoms with E-state index >= 15 is 0 Å². The summed E-state index contributed by atoms with van der Waals surface area (Å²) in [4.78, 5) is 10.4. The molecular weight excluding hydrogens is 142 g/mol. The van der Waals surface area contributed by atoms with Gasteiger partial charge in [0.1, 0.15) is 6.21 Å². The van der Waals surface area contributed by atoms with Crippen LogP contribution in [0.25, 0.3) is 0 Å². The fourth-order valence-corrected chi connectivity index (χ4v) is 0.777. The Labute approximate surface area is 55.0 Å². The maximum absolute atomic E-state index is 10.4. The Kier molecular flexibility index (Phi) is 3.87. The molecule has 1 unspecified atom stereocenters. The Bertz CT molecular complexity index is 154. The van der Waals surface area contributed by atoms with Crippen LogP contribution in [0.2, 0.25) is 0 Å². The van der Waals surface area contributed by atoms with Crippen LogP contribution >= 0.6 is 0 Å². The van der Waals surface area contributed by atoms with E-state index in [-0.39, 0.29) is 5.75 Å². The molecule has 1 atom stereocenters. The normalized spacial score (nSPS) is 13.9. The Balaban J connectivity index is 3.64. The van der Waals surface area contributed by atoms with Crippen molar-refractivity contribution in [2.75, 3.05) is 12.0 Å². The van der Waals surface area contributed by atoms with Crippen LogP contribution in [-0.2, 0) is 15.6 Å². The number of nitrogens with zero attached hydrogens (tertiary/aromatic N) is 1. The van der Waals surface area contributed by atoms with Gasteiger partial charge in [-0.1, -0.05) is 5.16 Å². The standard InChI is InChI=1S/C4H7NO3S/c1-9(8)3-4(6)2-5-7/h2,7H,3H2,1H3/b5-2+. The molecule has 5 heteroatoms. The van der Waals surface area contributed by atoms with Gasteiger partial charge in [0, 0.05) is 17.1 Å². The number of oxime groups is 1. The van der Waals surface area contributed by atoms with Gasteiger partial charge >= 0.3 is 0 Å². The van der Waals surface area contributed by atoms with Crippen LogP contribution in [0.15, 0.2) is 5.16 Å². The molecule has 52 valence electrons. The summed E-state index contributed by atoms with van der Waals surface area (Å²) in [6.45, 7) is 0. The first kappa shape index (κ1) is 8.29. The van der Waals surface area contributed by atoms with E-state index in [1.54, 1.807) is 0 Å². The first-order chi connectivity index (χ1) is 4.16. The molecule has 0 aromatic rings. The van der Waals surface area contributed by atoms with Gasteiger partial charge in [-0.3, -0.25) is 9.00 Å². The molecule has 0 saturated heterocycles. The summed E-state index contributed by atoms with van der Waals surface area (Å²) in [7, 11) is -1.15. The van der Waals surface area contributed by atoms with E-state index in [1.807, 2.05) is 0 Å². The topological polar surface area (TPSA) is 66.7 Å². The molecule has 0 fully saturated rings. The van der Waals surface area contributed by atoms with Crippen LogP contribution in [-0.4, -0.2) is 33.4 Å². The van der Waals surface area contributed by atoms with Gasteiger partial charge in [-0.25, -0.2) is 0 Å². The minimum atomic E-state index is -1.15. The highest BCUT2D eigenvalue weighted by Crippen LogP contribution is 1.74. The number of rotatable bonds is 3. The van der Waals surface area contributed by atoms with Crippen molar-refractivity contribution in [1.29, 1.82) is 0 Å². The van der Waals surface area contributed by atoms with Crippen LogP contribution in [0.5, 0.6) is 0 Å². The summed E-state index contributed by atoms with van der Waals surface area (Å²) in [5.74, 6) is -0.511. The second-order valence-corrected chi connectivity index (χ2v) is 2.86. The van der Waals surface area contributed by atoms with Crippen LogP contribution in [0, 0.1) is 0 Å². The van der Waals surface area contributed by atoms with Gasteiger partial charge in [-0.2, -0.15) is 0 Å².